The minimum absolute atomic E-state index is 0.0612. The van der Waals surface area contributed by atoms with E-state index in [2.05, 4.69) is 34.1 Å². The molecule has 1 aromatic carbocycles. The molecule has 0 amide bonds. The van der Waals surface area contributed by atoms with Gasteiger partial charge in [-0.3, -0.25) is 14.5 Å². The zero-order chi connectivity index (χ0) is 20.5. The third-order valence-corrected chi connectivity index (χ3v) is 8.25. The highest BCUT2D eigenvalue weighted by atomic mass is 32.1. The summed E-state index contributed by atoms with van der Waals surface area (Å²) in [6, 6.07) is 8.47. The second-order valence-corrected chi connectivity index (χ2v) is 9.99. The summed E-state index contributed by atoms with van der Waals surface area (Å²) in [4.78, 5) is 30.2. The lowest BCUT2D eigenvalue weighted by atomic mass is 9.81. The Morgan fingerprint density at radius 2 is 1.63 bits per heavy atom. The highest BCUT2D eigenvalue weighted by Crippen LogP contribution is 2.42. The molecule has 1 saturated heterocycles. The van der Waals surface area contributed by atoms with Crippen LogP contribution >= 0.6 is 11.5 Å². The van der Waals surface area contributed by atoms with Crippen LogP contribution in [0.2, 0.25) is 0 Å². The molecule has 2 heterocycles. The zero-order valence-corrected chi connectivity index (χ0v) is 18.4. The molecular weight excluding hydrogens is 394 g/mol. The van der Waals surface area contributed by atoms with Crippen LogP contribution in [0.1, 0.15) is 44.9 Å². The Morgan fingerprint density at radius 3 is 2.37 bits per heavy atom. The van der Waals surface area contributed by atoms with Gasteiger partial charge in [-0.2, -0.15) is 4.37 Å². The Kier molecular flexibility index (Phi) is 5.87. The van der Waals surface area contributed by atoms with E-state index in [9.17, 15) is 9.59 Å². The number of Topliss-reactive ketones (excluding diaryl/α,β-unsaturated/α-hetero) is 2. The van der Waals surface area contributed by atoms with Gasteiger partial charge in [-0.15, -0.1) is 0 Å². The Bertz CT molecular complexity index is 894. The smallest absolute Gasteiger partial charge is 0.150 e. The van der Waals surface area contributed by atoms with E-state index < -0.39 is 0 Å². The van der Waals surface area contributed by atoms with Gasteiger partial charge in [-0.25, -0.2) is 0 Å². The third-order valence-electron chi connectivity index (χ3n) is 7.43. The van der Waals surface area contributed by atoms with E-state index in [1.54, 1.807) is 11.5 Å². The number of piperazine rings is 1. The molecule has 2 aromatic rings. The molecule has 5 rings (SSSR count). The van der Waals surface area contributed by atoms with Crippen molar-refractivity contribution in [3.63, 3.8) is 0 Å². The highest BCUT2D eigenvalue weighted by molar-refractivity contribution is 7.13. The van der Waals surface area contributed by atoms with Crippen LogP contribution in [0.25, 0.3) is 10.1 Å². The van der Waals surface area contributed by atoms with Crippen LogP contribution in [0.3, 0.4) is 0 Å². The van der Waals surface area contributed by atoms with Crippen LogP contribution in [0.15, 0.2) is 24.3 Å². The molecule has 1 aliphatic heterocycles. The van der Waals surface area contributed by atoms with Gasteiger partial charge in [0.25, 0.3) is 0 Å². The normalized spacial score (nSPS) is 25.9. The number of anilines is 1. The number of fused-ring (bicyclic) bond motifs is 2. The van der Waals surface area contributed by atoms with Crippen molar-refractivity contribution >= 4 is 39.0 Å². The molecule has 2 atom stereocenters. The van der Waals surface area contributed by atoms with Crippen LogP contribution in [0.5, 0.6) is 0 Å². The first-order chi connectivity index (χ1) is 14.7. The second kappa shape index (κ2) is 8.75. The average Bonchev–Trinajstić information content (AvgIpc) is 3.32. The van der Waals surface area contributed by atoms with Crippen molar-refractivity contribution in [3.8, 4) is 0 Å². The van der Waals surface area contributed by atoms with Crippen molar-refractivity contribution in [2.75, 3.05) is 37.6 Å². The topological polar surface area (TPSA) is 53.5 Å². The maximum absolute atomic E-state index is 12.6. The first-order valence-corrected chi connectivity index (χ1v) is 12.4. The number of nitrogens with zero attached hydrogens (tertiary/aromatic N) is 3. The second-order valence-electron chi connectivity index (χ2n) is 9.18. The summed E-state index contributed by atoms with van der Waals surface area (Å²) in [5.41, 5.74) is 0. The number of aromatic nitrogens is 1. The Labute approximate surface area is 182 Å². The molecule has 5 nitrogen and oxygen atoms in total. The molecule has 3 aliphatic rings. The van der Waals surface area contributed by atoms with Crippen LogP contribution in [0.4, 0.5) is 5.82 Å². The number of carbonyl (C=O) groups is 2. The van der Waals surface area contributed by atoms with Gasteiger partial charge in [0.2, 0.25) is 0 Å². The van der Waals surface area contributed by atoms with E-state index >= 15 is 0 Å². The molecule has 3 fully saturated rings. The van der Waals surface area contributed by atoms with Crippen LogP contribution < -0.4 is 4.90 Å². The first kappa shape index (κ1) is 20.1. The summed E-state index contributed by atoms with van der Waals surface area (Å²) >= 11 is 1.58. The molecular formula is C24H31N3O2S. The van der Waals surface area contributed by atoms with Gasteiger partial charge in [-0.1, -0.05) is 31.4 Å². The predicted molar refractivity (Wildman–Crippen MR) is 121 cm³/mol. The summed E-state index contributed by atoms with van der Waals surface area (Å²) in [5, 5.41) is 1.27. The number of rotatable bonds is 6. The van der Waals surface area contributed by atoms with Gasteiger partial charge in [-0.05, 0) is 55.9 Å². The van der Waals surface area contributed by atoms with E-state index in [-0.39, 0.29) is 29.3 Å². The molecule has 0 radical (unpaired) electrons. The van der Waals surface area contributed by atoms with Gasteiger partial charge in [0.15, 0.2) is 0 Å². The van der Waals surface area contributed by atoms with Crippen molar-refractivity contribution in [3.05, 3.63) is 24.3 Å². The van der Waals surface area contributed by atoms with Crippen molar-refractivity contribution in [2.45, 2.75) is 44.9 Å². The van der Waals surface area contributed by atoms with Crippen molar-refractivity contribution in [1.82, 2.24) is 9.27 Å². The average molecular weight is 426 g/mol. The summed E-state index contributed by atoms with van der Waals surface area (Å²) in [5.74, 6) is 1.52. The molecule has 2 aliphatic carbocycles. The molecule has 160 valence electrons. The van der Waals surface area contributed by atoms with E-state index in [1.165, 1.54) is 10.1 Å². The van der Waals surface area contributed by atoms with Crippen molar-refractivity contribution in [1.29, 1.82) is 0 Å². The SMILES string of the molecule is O=C1C(CCCCN2CCN(c3nsc4ccccc34)CC2)C(=O)[C@@H]2CCCC[C@@H]12. The predicted octanol–water partition coefficient (Wildman–Crippen LogP) is 4.16. The largest absolute Gasteiger partial charge is 0.353 e. The molecule has 0 unspecified atom stereocenters. The molecule has 0 bridgehead atoms. The number of benzene rings is 1. The minimum Gasteiger partial charge on any atom is -0.353 e. The van der Waals surface area contributed by atoms with E-state index in [1.807, 2.05) is 0 Å². The Balaban J connectivity index is 1.06. The quantitative estimate of drug-likeness (QED) is 0.514. The van der Waals surface area contributed by atoms with Gasteiger partial charge in [0, 0.05) is 43.4 Å². The maximum atomic E-state index is 12.6. The number of ketones is 2. The molecule has 2 saturated carbocycles. The molecule has 0 spiro atoms. The number of carbonyl (C=O) groups excluding carboxylic acids is 2. The minimum atomic E-state index is -0.284. The van der Waals surface area contributed by atoms with Crippen LogP contribution in [-0.4, -0.2) is 53.6 Å². The maximum Gasteiger partial charge on any atom is 0.150 e. The summed E-state index contributed by atoms with van der Waals surface area (Å²) in [6.07, 6.45) is 6.97. The standard InChI is InChI=1S/C24H31N3O2S/c28-22-17-7-1-2-8-18(17)23(29)20(22)10-5-6-12-26-13-15-27(16-14-26)24-19-9-3-4-11-21(19)30-25-24/h3-4,9,11,17-18,20H,1-2,5-8,10,12-16H2/t17-,18-/m1/s1. The zero-order valence-electron chi connectivity index (χ0n) is 17.6. The lowest BCUT2D eigenvalue weighted by Gasteiger charge is -2.35. The number of hydrogen-bond acceptors (Lipinski definition) is 6. The molecule has 0 N–H and O–H groups in total. The summed E-state index contributed by atoms with van der Waals surface area (Å²) < 4.78 is 5.95. The lowest BCUT2D eigenvalue weighted by molar-refractivity contribution is -0.128. The molecule has 30 heavy (non-hydrogen) atoms. The lowest BCUT2D eigenvalue weighted by Crippen LogP contribution is -2.46. The molecule has 6 heteroatoms. The fourth-order valence-corrected chi connectivity index (χ4v) is 6.52. The molecule has 1 aromatic heterocycles. The van der Waals surface area contributed by atoms with Crippen molar-refractivity contribution < 1.29 is 9.59 Å². The number of hydrogen-bond donors (Lipinski definition) is 0. The van der Waals surface area contributed by atoms with Crippen molar-refractivity contribution in [2.24, 2.45) is 17.8 Å². The Morgan fingerprint density at radius 1 is 0.933 bits per heavy atom. The van der Waals surface area contributed by atoms with Gasteiger partial charge in [0.1, 0.15) is 17.4 Å². The fraction of sp³-hybridized carbons (Fsp3) is 0.625. The van der Waals surface area contributed by atoms with Gasteiger partial charge < -0.3 is 4.90 Å². The van der Waals surface area contributed by atoms with E-state index in [0.29, 0.717) is 0 Å². The monoisotopic (exact) mass is 425 g/mol. The summed E-state index contributed by atoms with van der Waals surface area (Å²) in [6.45, 7) is 5.19. The van der Waals surface area contributed by atoms with Crippen LogP contribution in [0, 0.1) is 17.8 Å². The van der Waals surface area contributed by atoms with E-state index in [0.717, 1.165) is 83.5 Å². The van der Waals surface area contributed by atoms with E-state index in [4.69, 9.17) is 4.37 Å². The third kappa shape index (κ3) is 3.80. The fourth-order valence-electron chi connectivity index (χ4n) is 5.72. The van der Waals surface area contributed by atoms with Crippen LogP contribution in [-0.2, 0) is 9.59 Å². The first-order valence-electron chi connectivity index (χ1n) is 11.6. The van der Waals surface area contributed by atoms with Gasteiger partial charge >= 0.3 is 0 Å². The summed E-state index contributed by atoms with van der Waals surface area (Å²) in [7, 11) is 0. The highest BCUT2D eigenvalue weighted by Gasteiger charge is 2.48. The van der Waals surface area contributed by atoms with Gasteiger partial charge in [0.05, 0.1) is 10.6 Å². The number of unbranched alkanes of at least 4 members (excludes halogenated alkanes) is 1. The Hall–Kier alpha value is -1.79.